The van der Waals surface area contributed by atoms with Crippen LogP contribution < -0.4 is 21.5 Å². The molecule has 1 atom stereocenters. The normalized spacial score (nSPS) is 16.9. The Morgan fingerprint density at radius 1 is 1.39 bits per heavy atom. The van der Waals surface area contributed by atoms with E-state index < -0.39 is 62.7 Å². The van der Waals surface area contributed by atoms with Gasteiger partial charge in [-0.3, -0.25) is 4.79 Å². The molecule has 7 N–H and O–H groups in total. The third-order valence-corrected chi connectivity index (χ3v) is 7.45. The molecule has 1 aromatic carbocycles. The van der Waals surface area contributed by atoms with Crippen LogP contribution in [0.4, 0.5) is 14.5 Å². The number of sulfonamides is 1. The number of hydrogen-bond donors (Lipinski definition) is 5. The molecule has 2 heterocycles. The quantitative estimate of drug-likeness (QED) is 0.245. The molecule has 2 aromatic rings. The minimum absolute atomic E-state index is 0.0768. The highest BCUT2D eigenvalue weighted by atomic mass is 32.2. The second kappa shape index (κ2) is 10.5. The van der Waals surface area contributed by atoms with Crippen LogP contribution in [0.5, 0.6) is 5.75 Å². The van der Waals surface area contributed by atoms with E-state index in [9.17, 15) is 23.4 Å². The van der Waals surface area contributed by atoms with E-state index in [-0.39, 0.29) is 29.0 Å². The van der Waals surface area contributed by atoms with Crippen LogP contribution in [0.25, 0.3) is 5.57 Å². The van der Waals surface area contributed by atoms with E-state index in [2.05, 4.69) is 27.6 Å². The van der Waals surface area contributed by atoms with Gasteiger partial charge in [-0.2, -0.15) is 0 Å². The Hall–Kier alpha value is -3.88. The van der Waals surface area contributed by atoms with Gasteiger partial charge in [0.1, 0.15) is 17.3 Å². The third kappa shape index (κ3) is 5.82. The van der Waals surface area contributed by atoms with Crippen molar-refractivity contribution < 1.29 is 36.9 Å². The standard InChI is InChI=1S/C23H26F2N6O6S/c1-5-11(3)18-13(24)8-14(20(25)19(18)16-10-38(35,36)31(4)22(26)30-16)29-21(32)15-7-12(6-2)17(9-28-15)37-23(27,33)34/h7-9,16,33-34H,1,6,10,27H2,2-4H3,(H2,26,30)(H,29,32). The number of amides is 1. The van der Waals surface area contributed by atoms with Gasteiger partial charge in [-0.25, -0.2) is 37.2 Å². The number of aliphatic imine (C=N–C) groups is 1. The van der Waals surface area contributed by atoms with Crippen LogP contribution in [0.3, 0.4) is 0 Å². The summed E-state index contributed by atoms with van der Waals surface area (Å²) in [6.07, 6.45) is -1.72. The van der Waals surface area contributed by atoms with E-state index in [1.807, 2.05) is 0 Å². The smallest absolute Gasteiger partial charge is 0.389 e. The monoisotopic (exact) mass is 552 g/mol. The van der Waals surface area contributed by atoms with Crippen LogP contribution in [-0.2, 0) is 16.4 Å². The number of ether oxygens (including phenoxy) is 1. The largest absolute Gasteiger partial charge is 0.425 e. The first kappa shape index (κ1) is 28.7. The Kier molecular flexibility index (Phi) is 7.91. The third-order valence-electron chi connectivity index (χ3n) is 5.69. The van der Waals surface area contributed by atoms with Gasteiger partial charge in [-0.05, 0) is 25.0 Å². The minimum atomic E-state index is -4.00. The number of aryl methyl sites for hydroxylation is 1. The fourth-order valence-corrected chi connectivity index (χ4v) is 4.92. The summed E-state index contributed by atoms with van der Waals surface area (Å²) in [7, 11) is -2.82. The van der Waals surface area contributed by atoms with Gasteiger partial charge in [0.05, 0.1) is 23.7 Å². The number of nitrogens with one attached hydrogen (secondary N) is 1. The number of aromatic nitrogens is 1. The molecule has 0 spiro atoms. The lowest BCUT2D eigenvalue weighted by Crippen LogP contribution is -2.45. The average molecular weight is 553 g/mol. The Morgan fingerprint density at radius 2 is 2.05 bits per heavy atom. The zero-order valence-corrected chi connectivity index (χ0v) is 21.4. The highest BCUT2D eigenvalue weighted by molar-refractivity contribution is 7.89. The van der Waals surface area contributed by atoms with Crippen molar-refractivity contribution in [1.29, 1.82) is 0 Å². The van der Waals surface area contributed by atoms with Gasteiger partial charge >= 0.3 is 6.10 Å². The molecule has 204 valence electrons. The summed E-state index contributed by atoms with van der Waals surface area (Å²) < 4.78 is 61.7. The first-order chi connectivity index (χ1) is 17.6. The van der Waals surface area contributed by atoms with E-state index in [0.29, 0.717) is 5.56 Å². The average Bonchev–Trinajstić information content (AvgIpc) is 2.82. The van der Waals surface area contributed by atoms with Gasteiger partial charge in [0.25, 0.3) is 5.91 Å². The van der Waals surface area contributed by atoms with E-state index in [1.165, 1.54) is 20.0 Å². The predicted molar refractivity (Wildman–Crippen MR) is 134 cm³/mol. The predicted octanol–water partition coefficient (Wildman–Crippen LogP) is 0.927. The van der Waals surface area contributed by atoms with Gasteiger partial charge in [-0.15, -0.1) is 5.73 Å². The number of nitrogens with zero attached hydrogens (tertiary/aromatic N) is 3. The molecule has 1 aliphatic heterocycles. The van der Waals surface area contributed by atoms with Crippen LogP contribution in [0, 0.1) is 11.6 Å². The molecule has 12 nitrogen and oxygen atoms in total. The first-order valence-electron chi connectivity index (χ1n) is 11.0. The summed E-state index contributed by atoms with van der Waals surface area (Å²) >= 11 is 0. The molecule has 15 heteroatoms. The lowest BCUT2D eigenvalue weighted by molar-refractivity contribution is -0.287. The van der Waals surface area contributed by atoms with Crippen LogP contribution in [0.1, 0.15) is 47.1 Å². The van der Waals surface area contributed by atoms with E-state index in [1.54, 1.807) is 6.92 Å². The lowest BCUT2D eigenvalue weighted by atomic mass is 9.94. The second-order valence-electron chi connectivity index (χ2n) is 8.31. The fraction of sp³-hybridized carbons (Fsp3) is 0.304. The maximum atomic E-state index is 15.9. The molecule has 0 saturated carbocycles. The number of nitrogens with two attached hydrogens (primary N) is 2. The number of anilines is 1. The Bertz CT molecular complexity index is 1480. The van der Waals surface area contributed by atoms with Crippen molar-refractivity contribution in [3.8, 4) is 5.75 Å². The number of carbonyl (C=O) groups is 1. The van der Waals surface area contributed by atoms with Crippen LogP contribution in [-0.4, -0.2) is 58.7 Å². The lowest BCUT2D eigenvalue weighted by Gasteiger charge is -2.29. The summed E-state index contributed by atoms with van der Waals surface area (Å²) in [5, 5.41) is 20.7. The van der Waals surface area contributed by atoms with Gasteiger partial charge in [0, 0.05) is 29.8 Å². The second-order valence-corrected chi connectivity index (χ2v) is 10.4. The summed E-state index contributed by atoms with van der Waals surface area (Å²) in [4.78, 5) is 20.8. The van der Waals surface area contributed by atoms with Crippen molar-refractivity contribution in [2.75, 3.05) is 18.1 Å². The van der Waals surface area contributed by atoms with E-state index >= 15 is 8.78 Å². The number of pyridine rings is 1. The molecule has 0 aliphatic carbocycles. The van der Waals surface area contributed by atoms with E-state index in [4.69, 9.17) is 16.2 Å². The molecule has 0 radical (unpaired) electrons. The van der Waals surface area contributed by atoms with Gasteiger partial charge < -0.3 is 26.0 Å². The van der Waals surface area contributed by atoms with Crippen molar-refractivity contribution in [1.82, 2.24) is 9.29 Å². The highest BCUT2D eigenvalue weighted by Gasteiger charge is 2.36. The highest BCUT2D eigenvalue weighted by Crippen LogP contribution is 2.37. The summed E-state index contributed by atoms with van der Waals surface area (Å²) in [6, 6.07) is 0.525. The Labute approximate surface area is 217 Å². The molecular weight excluding hydrogens is 526 g/mol. The number of hydrogen-bond acceptors (Lipinski definition) is 10. The SMILES string of the molecule is C=C=C(C)c1c(F)cc(NC(=O)c2cc(CC)c(OC(N)(O)O)cn2)c(F)c1C1CS(=O)(=O)N(C)C(N)=N1. The number of benzene rings is 1. The Morgan fingerprint density at radius 3 is 2.61 bits per heavy atom. The van der Waals surface area contributed by atoms with Crippen LogP contribution in [0.15, 0.2) is 35.6 Å². The number of carbonyl (C=O) groups excluding carboxylic acids is 1. The molecule has 1 unspecified atom stereocenters. The van der Waals surface area contributed by atoms with Gasteiger partial charge in [0.2, 0.25) is 16.0 Å². The van der Waals surface area contributed by atoms with Crippen molar-refractivity contribution in [2.45, 2.75) is 32.4 Å². The van der Waals surface area contributed by atoms with Crippen LogP contribution in [0.2, 0.25) is 0 Å². The molecule has 1 amide bonds. The zero-order valence-electron chi connectivity index (χ0n) is 20.6. The minimum Gasteiger partial charge on any atom is -0.425 e. The summed E-state index contributed by atoms with van der Waals surface area (Å²) in [6.45, 7) is 6.52. The summed E-state index contributed by atoms with van der Waals surface area (Å²) in [5.41, 5.74) is 11.9. The van der Waals surface area contributed by atoms with E-state index in [0.717, 1.165) is 16.6 Å². The van der Waals surface area contributed by atoms with Gasteiger partial charge in [-0.1, -0.05) is 13.5 Å². The first-order valence-corrected chi connectivity index (χ1v) is 12.6. The molecule has 0 saturated heterocycles. The molecule has 1 aromatic heterocycles. The molecule has 0 bridgehead atoms. The molecular formula is C23H26F2N6O6S. The number of halogens is 2. The molecule has 0 fully saturated rings. The topological polar surface area (TPSA) is 193 Å². The van der Waals surface area contributed by atoms with Crippen molar-refractivity contribution >= 4 is 33.2 Å². The van der Waals surface area contributed by atoms with Gasteiger partial charge in [0.15, 0.2) is 5.82 Å². The molecule has 1 aliphatic rings. The van der Waals surface area contributed by atoms with Crippen molar-refractivity contribution in [3.63, 3.8) is 0 Å². The number of aliphatic hydroxyl groups is 2. The summed E-state index contributed by atoms with van der Waals surface area (Å²) in [5.74, 6) is -4.35. The molecule has 38 heavy (non-hydrogen) atoms. The number of rotatable bonds is 7. The zero-order chi connectivity index (χ0) is 28.6. The van der Waals surface area contributed by atoms with Crippen molar-refractivity contribution in [2.24, 2.45) is 16.5 Å². The maximum absolute atomic E-state index is 15.9. The van der Waals surface area contributed by atoms with Crippen molar-refractivity contribution in [3.05, 3.63) is 64.7 Å². The number of guanidine groups is 1. The fourth-order valence-electron chi connectivity index (χ4n) is 3.72. The Balaban J connectivity index is 2.09. The number of allylic oxidation sites excluding steroid dienone is 1. The maximum Gasteiger partial charge on any atom is 0.389 e. The van der Waals surface area contributed by atoms with Crippen LogP contribution >= 0.6 is 0 Å². The molecule has 3 rings (SSSR count).